The minimum Gasteiger partial charge on any atom is -0.391 e. The van der Waals surface area contributed by atoms with E-state index in [4.69, 9.17) is 0 Å². The van der Waals surface area contributed by atoms with Gasteiger partial charge in [-0.2, -0.15) is 18.3 Å². The molecule has 2 unspecified atom stereocenters. The molecule has 25 heavy (non-hydrogen) atoms. The molecule has 1 fully saturated rings. The fourth-order valence-corrected chi connectivity index (χ4v) is 3.26. The number of carbonyl (C=O) groups excluding carboxylic acids is 1. The summed E-state index contributed by atoms with van der Waals surface area (Å²) < 4.78 is 41.5. The number of aliphatic hydroxyl groups is 1. The molecule has 0 spiro atoms. The van der Waals surface area contributed by atoms with Crippen LogP contribution in [0.5, 0.6) is 0 Å². The van der Waals surface area contributed by atoms with Crippen molar-refractivity contribution >= 4 is 5.91 Å². The summed E-state index contributed by atoms with van der Waals surface area (Å²) in [5, 5.41) is 13.9. The Kier molecular flexibility index (Phi) is 4.55. The van der Waals surface area contributed by atoms with Crippen molar-refractivity contribution in [3.05, 3.63) is 53.3 Å². The topological polar surface area (TPSA) is 58.4 Å². The highest BCUT2D eigenvalue weighted by Gasteiger charge is 2.41. The number of nitrogens with zero attached hydrogens (tertiary/aromatic N) is 3. The number of halogens is 3. The van der Waals surface area contributed by atoms with Crippen LogP contribution < -0.4 is 0 Å². The Labute approximate surface area is 142 Å². The second kappa shape index (κ2) is 6.51. The predicted molar refractivity (Wildman–Crippen MR) is 83.4 cm³/mol. The van der Waals surface area contributed by atoms with Gasteiger partial charge in [-0.15, -0.1) is 0 Å². The van der Waals surface area contributed by atoms with Crippen molar-refractivity contribution in [3.8, 4) is 0 Å². The third-order valence-electron chi connectivity index (χ3n) is 4.48. The van der Waals surface area contributed by atoms with Crippen molar-refractivity contribution in [1.82, 2.24) is 14.7 Å². The minimum atomic E-state index is -4.51. The maximum atomic E-state index is 13.3. The van der Waals surface area contributed by atoms with Gasteiger partial charge >= 0.3 is 6.18 Å². The van der Waals surface area contributed by atoms with Crippen LogP contribution in [0.4, 0.5) is 13.2 Å². The highest BCUT2D eigenvalue weighted by molar-refractivity contribution is 5.79. The van der Waals surface area contributed by atoms with E-state index in [1.807, 2.05) is 0 Å². The SMILES string of the molecule is Cn1nccc1CC(=O)N1CC(O)CC1c1ccccc1C(F)(F)F. The van der Waals surface area contributed by atoms with Gasteiger partial charge in [-0.25, -0.2) is 0 Å². The molecule has 1 amide bonds. The van der Waals surface area contributed by atoms with Crippen LogP contribution in [0.1, 0.15) is 29.3 Å². The highest BCUT2D eigenvalue weighted by atomic mass is 19.4. The molecule has 134 valence electrons. The third-order valence-corrected chi connectivity index (χ3v) is 4.48. The summed E-state index contributed by atoms with van der Waals surface area (Å²) in [6.45, 7) is 0.0214. The number of carbonyl (C=O) groups is 1. The average Bonchev–Trinajstić information content (AvgIpc) is 3.13. The molecule has 3 rings (SSSR count). The molecule has 1 aromatic heterocycles. The van der Waals surface area contributed by atoms with Gasteiger partial charge in [0.1, 0.15) is 0 Å². The monoisotopic (exact) mass is 353 g/mol. The second-order valence-corrected chi connectivity index (χ2v) is 6.16. The molecular weight excluding hydrogens is 335 g/mol. The first-order valence-corrected chi connectivity index (χ1v) is 7.88. The van der Waals surface area contributed by atoms with Crippen LogP contribution in [-0.4, -0.2) is 38.3 Å². The van der Waals surface area contributed by atoms with E-state index >= 15 is 0 Å². The Morgan fingerprint density at radius 2 is 2.04 bits per heavy atom. The number of amides is 1. The van der Waals surface area contributed by atoms with Crippen LogP contribution in [0.2, 0.25) is 0 Å². The van der Waals surface area contributed by atoms with E-state index in [1.165, 1.54) is 23.1 Å². The van der Waals surface area contributed by atoms with Crippen LogP contribution in [0.3, 0.4) is 0 Å². The number of β-amino-alcohol motifs (C(OH)–C–C–N with tert-alkyl or cyclic N) is 1. The number of aliphatic hydroxyl groups excluding tert-OH is 1. The molecule has 1 saturated heterocycles. The van der Waals surface area contributed by atoms with Gasteiger partial charge in [0.25, 0.3) is 0 Å². The lowest BCUT2D eigenvalue weighted by Crippen LogP contribution is -2.34. The smallest absolute Gasteiger partial charge is 0.391 e. The van der Waals surface area contributed by atoms with Gasteiger partial charge in [0.15, 0.2) is 0 Å². The molecule has 2 aromatic rings. The lowest BCUT2D eigenvalue weighted by molar-refractivity contribution is -0.140. The first kappa shape index (κ1) is 17.5. The van der Waals surface area contributed by atoms with Crippen molar-refractivity contribution in [3.63, 3.8) is 0 Å². The van der Waals surface area contributed by atoms with Crippen molar-refractivity contribution in [2.45, 2.75) is 31.2 Å². The van der Waals surface area contributed by atoms with E-state index in [-0.39, 0.29) is 30.9 Å². The normalized spacial score (nSPS) is 20.9. The van der Waals surface area contributed by atoms with Gasteiger partial charge < -0.3 is 10.0 Å². The molecule has 2 atom stereocenters. The second-order valence-electron chi connectivity index (χ2n) is 6.16. The lowest BCUT2D eigenvalue weighted by atomic mass is 9.97. The van der Waals surface area contributed by atoms with Crippen molar-refractivity contribution in [2.24, 2.45) is 7.05 Å². The number of hydrogen-bond acceptors (Lipinski definition) is 3. The summed E-state index contributed by atoms with van der Waals surface area (Å²) in [4.78, 5) is 14.0. The van der Waals surface area contributed by atoms with Crippen LogP contribution >= 0.6 is 0 Å². The largest absolute Gasteiger partial charge is 0.416 e. The van der Waals surface area contributed by atoms with E-state index in [2.05, 4.69) is 5.10 Å². The maximum Gasteiger partial charge on any atom is 0.416 e. The fraction of sp³-hybridized carbons (Fsp3) is 0.412. The zero-order valence-corrected chi connectivity index (χ0v) is 13.6. The standard InChI is InChI=1S/C17H18F3N3O2/c1-22-11(6-7-21-22)8-16(25)23-10-12(24)9-15(23)13-4-2-3-5-14(13)17(18,19)20/h2-7,12,15,24H,8-10H2,1H3. The first-order valence-electron chi connectivity index (χ1n) is 7.88. The van der Waals surface area contributed by atoms with E-state index < -0.39 is 23.9 Å². The molecule has 1 aliphatic heterocycles. The molecule has 0 aliphatic carbocycles. The van der Waals surface area contributed by atoms with Gasteiger partial charge in [-0.3, -0.25) is 9.48 Å². The zero-order chi connectivity index (χ0) is 18.2. The molecule has 8 heteroatoms. The molecule has 1 aromatic carbocycles. The van der Waals surface area contributed by atoms with Crippen molar-refractivity contribution in [1.29, 1.82) is 0 Å². The first-order chi connectivity index (χ1) is 11.8. The molecule has 1 aliphatic rings. The molecule has 0 bridgehead atoms. The number of likely N-dealkylation sites (tertiary alicyclic amines) is 1. The van der Waals surface area contributed by atoms with Gasteiger partial charge in [0.05, 0.1) is 24.1 Å². The molecule has 2 heterocycles. The molecule has 5 nitrogen and oxygen atoms in total. The molecule has 1 N–H and O–H groups in total. The van der Waals surface area contributed by atoms with Gasteiger partial charge in [-0.1, -0.05) is 18.2 Å². The summed E-state index contributed by atoms with van der Waals surface area (Å²) in [7, 11) is 1.69. The fourth-order valence-electron chi connectivity index (χ4n) is 3.26. The third kappa shape index (κ3) is 3.53. The summed E-state index contributed by atoms with van der Waals surface area (Å²) in [6, 6.07) is 6.09. The average molecular weight is 353 g/mol. The quantitative estimate of drug-likeness (QED) is 0.921. The summed E-state index contributed by atoms with van der Waals surface area (Å²) in [6.07, 6.45) is -3.70. The Balaban J connectivity index is 1.90. The Morgan fingerprint density at radius 3 is 2.68 bits per heavy atom. The molecule has 0 radical (unpaired) electrons. The number of hydrogen-bond donors (Lipinski definition) is 1. The van der Waals surface area contributed by atoms with Crippen LogP contribution in [0.25, 0.3) is 0 Å². The van der Waals surface area contributed by atoms with E-state index in [9.17, 15) is 23.1 Å². The number of rotatable bonds is 3. The highest BCUT2D eigenvalue weighted by Crippen LogP contribution is 2.40. The Morgan fingerprint density at radius 1 is 1.32 bits per heavy atom. The van der Waals surface area contributed by atoms with Gasteiger partial charge in [-0.05, 0) is 24.1 Å². The number of aryl methyl sites for hydroxylation is 1. The van der Waals surface area contributed by atoms with E-state index in [1.54, 1.807) is 24.0 Å². The Bertz CT molecular complexity index is 772. The van der Waals surface area contributed by atoms with Crippen LogP contribution in [-0.2, 0) is 24.4 Å². The number of benzene rings is 1. The summed E-state index contributed by atoms with van der Waals surface area (Å²) in [5.41, 5.74) is -0.0911. The molecule has 0 saturated carbocycles. The summed E-state index contributed by atoms with van der Waals surface area (Å²) in [5.74, 6) is -0.331. The number of alkyl halides is 3. The van der Waals surface area contributed by atoms with Crippen LogP contribution in [0.15, 0.2) is 36.5 Å². The maximum absolute atomic E-state index is 13.3. The van der Waals surface area contributed by atoms with Crippen LogP contribution in [0, 0.1) is 0 Å². The molecular formula is C17H18F3N3O2. The van der Waals surface area contributed by atoms with Crippen molar-refractivity contribution in [2.75, 3.05) is 6.54 Å². The number of aromatic nitrogens is 2. The summed E-state index contributed by atoms with van der Waals surface area (Å²) >= 11 is 0. The zero-order valence-electron chi connectivity index (χ0n) is 13.6. The predicted octanol–water partition coefficient (Wildman–Crippen LogP) is 2.32. The minimum absolute atomic E-state index is 0.0184. The van der Waals surface area contributed by atoms with E-state index in [0.717, 1.165) is 6.07 Å². The Hall–Kier alpha value is -2.35. The van der Waals surface area contributed by atoms with Crippen molar-refractivity contribution < 1.29 is 23.1 Å². The van der Waals surface area contributed by atoms with Gasteiger partial charge in [0, 0.05) is 25.5 Å². The lowest BCUT2D eigenvalue weighted by Gasteiger charge is -2.27. The van der Waals surface area contributed by atoms with Gasteiger partial charge in [0.2, 0.25) is 5.91 Å². The van der Waals surface area contributed by atoms with E-state index in [0.29, 0.717) is 5.69 Å².